The molecule has 0 atom stereocenters. The molecule has 1 aromatic rings. The molecule has 138 valence electrons. The van der Waals surface area contributed by atoms with Gasteiger partial charge >= 0.3 is 0 Å². The summed E-state index contributed by atoms with van der Waals surface area (Å²) in [7, 11) is 2.01. The Labute approximate surface area is 146 Å². The van der Waals surface area contributed by atoms with Crippen molar-refractivity contribution in [3.8, 4) is 0 Å². The highest BCUT2D eigenvalue weighted by atomic mass is 19.3. The summed E-state index contributed by atoms with van der Waals surface area (Å²) < 4.78 is 40.4. The number of rotatable bonds is 3. The molecule has 2 saturated heterocycles. The summed E-state index contributed by atoms with van der Waals surface area (Å²) in [6.45, 7) is 1.77. The van der Waals surface area contributed by atoms with Crippen molar-refractivity contribution >= 4 is 5.91 Å². The lowest BCUT2D eigenvalue weighted by Gasteiger charge is -2.44. The minimum absolute atomic E-state index is 0.0413. The van der Waals surface area contributed by atoms with Crippen LogP contribution < -0.4 is 0 Å². The summed E-state index contributed by atoms with van der Waals surface area (Å²) in [6, 6.07) is 6.34. The Kier molecular flexibility index (Phi) is 5.09. The Morgan fingerprint density at radius 3 is 2.32 bits per heavy atom. The highest BCUT2D eigenvalue weighted by molar-refractivity contribution is 5.83. The van der Waals surface area contributed by atoms with Gasteiger partial charge in [0.25, 0.3) is 5.92 Å². The highest BCUT2D eigenvalue weighted by Gasteiger charge is 2.45. The predicted octanol–water partition coefficient (Wildman–Crippen LogP) is 3.34. The lowest BCUT2D eigenvalue weighted by Crippen LogP contribution is -2.53. The fraction of sp³-hybridized carbons (Fsp3) is 0.632. The van der Waals surface area contributed by atoms with Gasteiger partial charge in [-0.3, -0.25) is 4.79 Å². The molecule has 25 heavy (non-hydrogen) atoms. The molecule has 0 aliphatic carbocycles. The van der Waals surface area contributed by atoms with E-state index in [1.165, 1.54) is 12.1 Å². The van der Waals surface area contributed by atoms with Gasteiger partial charge in [0, 0.05) is 25.9 Å². The van der Waals surface area contributed by atoms with Crippen LogP contribution in [0.2, 0.25) is 0 Å². The van der Waals surface area contributed by atoms with Crippen molar-refractivity contribution in [2.45, 2.75) is 38.0 Å². The zero-order valence-corrected chi connectivity index (χ0v) is 14.6. The van der Waals surface area contributed by atoms with E-state index in [-0.39, 0.29) is 37.7 Å². The number of alkyl halides is 2. The maximum atomic E-state index is 13.6. The molecule has 0 aromatic heterocycles. The topological polar surface area (TPSA) is 23.6 Å². The summed E-state index contributed by atoms with van der Waals surface area (Å²) in [5.41, 5.74) is 0.174. The van der Waals surface area contributed by atoms with Gasteiger partial charge in [-0.1, -0.05) is 12.1 Å². The van der Waals surface area contributed by atoms with Crippen molar-refractivity contribution in [3.05, 3.63) is 35.6 Å². The Bertz CT molecular complexity index is 617. The number of likely N-dealkylation sites (tertiary alicyclic amines) is 2. The molecule has 1 amide bonds. The van der Waals surface area contributed by atoms with E-state index in [0.29, 0.717) is 19.3 Å². The molecule has 2 aliphatic rings. The monoisotopic (exact) mass is 354 g/mol. The molecule has 3 rings (SSSR count). The lowest BCUT2D eigenvalue weighted by molar-refractivity contribution is -0.151. The van der Waals surface area contributed by atoms with Crippen LogP contribution in [0, 0.1) is 11.2 Å². The van der Waals surface area contributed by atoms with Gasteiger partial charge in [-0.05, 0) is 57.1 Å². The summed E-state index contributed by atoms with van der Waals surface area (Å²) in [4.78, 5) is 17.0. The van der Waals surface area contributed by atoms with E-state index in [1.807, 2.05) is 13.1 Å². The van der Waals surface area contributed by atoms with Crippen molar-refractivity contribution in [1.82, 2.24) is 9.80 Å². The van der Waals surface area contributed by atoms with Crippen LogP contribution in [-0.2, 0) is 11.2 Å². The average Bonchev–Trinajstić information content (AvgIpc) is 2.57. The fourth-order valence-corrected chi connectivity index (χ4v) is 3.92. The smallest absolute Gasteiger partial charge is 0.251 e. The Hall–Kier alpha value is -1.56. The van der Waals surface area contributed by atoms with Crippen LogP contribution in [0.3, 0.4) is 0 Å². The quantitative estimate of drug-likeness (QED) is 0.831. The van der Waals surface area contributed by atoms with Crippen LogP contribution in [0.15, 0.2) is 24.3 Å². The molecule has 3 nitrogen and oxygen atoms in total. The van der Waals surface area contributed by atoms with Gasteiger partial charge in [-0.2, -0.15) is 0 Å². The van der Waals surface area contributed by atoms with Gasteiger partial charge in [-0.25, -0.2) is 13.2 Å². The predicted molar refractivity (Wildman–Crippen MR) is 90.0 cm³/mol. The first-order valence-corrected chi connectivity index (χ1v) is 8.90. The Morgan fingerprint density at radius 2 is 1.72 bits per heavy atom. The van der Waals surface area contributed by atoms with E-state index in [0.717, 1.165) is 18.7 Å². The first kappa shape index (κ1) is 18.2. The molecule has 0 spiro atoms. The van der Waals surface area contributed by atoms with Crippen molar-refractivity contribution in [1.29, 1.82) is 0 Å². The number of hydrogen-bond donors (Lipinski definition) is 0. The number of carbonyl (C=O) groups is 1. The Morgan fingerprint density at radius 1 is 1.08 bits per heavy atom. The van der Waals surface area contributed by atoms with Crippen LogP contribution in [0.5, 0.6) is 0 Å². The summed E-state index contributed by atoms with van der Waals surface area (Å²) >= 11 is 0. The van der Waals surface area contributed by atoms with E-state index >= 15 is 0 Å². The third-order valence-corrected chi connectivity index (χ3v) is 5.61. The minimum atomic E-state index is -2.67. The van der Waals surface area contributed by atoms with Crippen molar-refractivity contribution in [2.24, 2.45) is 5.41 Å². The van der Waals surface area contributed by atoms with Crippen molar-refractivity contribution < 1.29 is 18.0 Å². The number of hydrogen-bond acceptors (Lipinski definition) is 2. The van der Waals surface area contributed by atoms with Gasteiger partial charge in [0.05, 0.1) is 5.41 Å². The van der Waals surface area contributed by atoms with Gasteiger partial charge in [0.1, 0.15) is 5.82 Å². The second-order valence-electron chi connectivity index (χ2n) is 7.54. The molecule has 2 fully saturated rings. The van der Waals surface area contributed by atoms with E-state index in [2.05, 4.69) is 4.90 Å². The van der Waals surface area contributed by atoms with Crippen LogP contribution in [0.25, 0.3) is 0 Å². The molecule has 1 aromatic carbocycles. The lowest BCUT2D eigenvalue weighted by atomic mass is 9.72. The van der Waals surface area contributed by atoms with Crippen LogP contribution in [0.4, 0.5) is 13.2 Å². The normalized spacial score (nSPS) is 23.4. The molecule has 2 aliphatic heterocycles. The zero-order chi connectivity index (χ0) is 18.1. The summed E-state index contributed by atoms with van der Waals surface area (Å²) in [5, 5.41) is 0. The minimum Gasteiger partial charge on any atom is -0.342 e. The van der Waals surface area contributed by atoms with Crippen LogP contribution in [0.1, 0.15) is 31.2 Å². The molecular formula is C19H25F3N2O. The van der Waals surface area contributed by atoms with Crippen LogP contribution in [-0.4, -0.2) is 54.9 Å². The molecule has 0 unspecified atom stereocenters. The number of carbonyl (C=O) groups excluding carboxylic acids is 1. The van der Waals surface area contributed by atoms with E-state index in [4.69, 9.17) is 0 Å². The largest absolute Gasteiger partial charge is 0.342 e. The van der Waals surface area contributed by atoms with E-state index in [1.54, 1.807) is 11.0 Å². The molecule has 0 bridgehead atoms. The van der Waals surface area contributed by atoms with Crippen LogP contribution >= 0.6 is 0 Å². The van der Waals surface area contributed by atoms with Gasteiger partial charge in [0.2, 0.25) is 5.91 Å². The maximum absolute atomic E-state index is 13.6. The molecular weight excluding hydrogens is 329 g/mol. The number of halogens is 3. The average molecular weight is 354 g/mol. The summed E-state index contributed by atoms with van der Waals surface area (Å²) in [5.74, 6) is -3.02. The fourth-order valence-electron chi connectivity index (χ4n) is 3.92. The zero-order valence-electron chi connectivity index (χ0n) is 14.6. The van der Waals surface area contributed by atoms with Gasteiger partial charge in [-0.15, -0.1) is 0 Å². The van der Waals surface area contributed by atoms with Crippen molar-refractivity contribution in [2.75, 3.05) is 33.2 Å². The molecule has 0 saturated carbocycles. The van der Waals surface area contributed by atoms with Gasteiger partial charge in [0.15, 0.2) is 0 Å². The number of piperidine rings is 2. The molecule has 6 heteroatoms. The highest BCUT2D eigenvalue weighted by Crippen LogP contribution is 2.39. The number of benzene rings is 1. The molecule has 2 heterocycles. The summed E-state index contributed by atoms with van der Waals surface area (Å²) in [6.07, 6.45) is 1.27. The molecule has 0 N–H and O–H groups in total. The third kappa shape index (κ3) is 4.17. The number of nitrogens with zero attached hydrogens (tertiary/aromatic N) is 2. The van der Waals surface area contributed by atoms with E-state index in [9.17, 15) is 18.0 Å². The number of amides is 1. The van der Waals surface area contributed by atoms with Crippen molar-refractivity contribution in [3.63, 3.8) is 0 Å². The first-order valence-electron chi connectivity index (χ1n) is 8.90. The first-order chi connectivity index (χ1) is 11.8. The second-order valence-corrected chi connectivity index (χ2v) is 7.54. The third-order valence-electron chi connectivity index (χ3n) is 5.61. The standard InChI is InChI=1S/C19H25F3N2O/c1-23-9-5-18(6-10-23,14-15-3-2-4-16(20)13-15)17(25)24-11-7-19(21,22)8-12-24/h2-4,13H,5-12,14H2,1H3. The Balaban J connectivity index is 1.80. The van der Waals surface area contributed by atoms with Gasteiger partial charge < -0.3 is 9.80 Å². The van der Waals surface area contributed by atoms with E-state index < -0.39 is 11.3 Å². The molecule has 0 radical (unpaired) electrons. The SMILES string of the molecule is CN1CCC(Cc2cccc(F)c2)(C(=O)N2CCC(F)(F)CC2)CC1. The second kappa shape index (κ2) is 6.98. The maximum Gasteiger partial charge on any atom is 0.251 e.